The number of amides is 1. The Balaban J connectivity index is 1.62. The second-order valence-corrected chi connectivity index (χ2v) is 8.66. The van der Waals surface area contributed by atoms with E-state index in [1.807, 2.05) is 20.8 Å². The maximum absolute atomic E-state index is 12.9. The summed E-state index contributed by atoms with van der Waals surface area (Å²) in [5, 5.41) is 3.12. The molecule has 5 heteroatoms. The van der Waals surface area contributed by atoms with Gasteiger partial charge in [-0.1, -0.05) is 43.7 Å². The second kappa shape index (κ2) is 7.90. The number of rotatable bonds is 6. The number of aryl methyl sites for hydroxylation is 1. The van der Waals surface area contributed by atoms with E-state index in [2.05, 4.69) is 36.5 Å². The van der Waals surface area contributed by atoms with Gasteiger partial charge in [-0.3, -0.25) is 4.79 Å². The van der Waals surface area contributed by atoms with Crippen LogP contribution in [0.2, 0.25) is 0 Å². The third-order valence-electron chi connectivity index (χ3n) is 6.61. The summed E-state index contributed by atoms with van der Waals surface area (Å²) >= 11 is 0. The summed E-state index contributed by atoms with van der Waals surface area (Å²) in [6, 6.07) is 8.49. The van der Waals surface area contributed by atoms with Crippen LogP contribution in [0.3, 0.4) is 0 Å². The number of carbonyl (C=O) groups excluding carboxylic acids is 1. The quantitative estimate of drug-likeness (QED) is 0.802. The van der Waals surface area contributed by atoms with Gasteiger partial charge in [0, 0.05) is 37.5 Å². The molecule has 1 aliphatic carbocycles. The number of hydrogen-bond donors (Lipinski definition) is 2. The van der Waals surface area contributed by atoms with E-state index >= 15 is 0 Å². The van der Waals surface area contributed by atoms with Crippen LogP contribution < -0.4 is 11.1 Å². The van der Waals surface area contributed by atoms with Gasteiger partial charge < -0.3 is 20.5 Å². The minimum absolute atomic E-state index is 0.0268. The van der Waals surface area contributed by atoms with Gasteiger partial charge in [0.15, 0.2) is 0 Å². The molecule has 0 radical (unpaired) electrons. The predicted octanol–water partition coefficient (Wildman–Crippen LogP) is 3.11. The molecule has 150 valence electrons. The molecular weight excluding hydrogens is 340 g/mol. The van der Waals surface area contributed by atoms with Gasteiger partial charge in [0.1, 0.15) is 5.54 Å². The molecule has 2 fully saturated rings. The fourth-order valence-corrected chi connectivity index (χ4v) is 4.38. The van der Waals surface area contributed by atoms with Gasteiger partial charge in [-0.05, 0) is 32.3 Å². The van der Waals surface area contributed by atoms with E-state index in [1.54, 1.807) is 0 Å². The first kappa shape index (κ1) is 20.3. The Morgan fingerprint density at radius 2 is 2.04 bits per heavy atom. The van der Waals surface area contributed by atoms with E-state index in [0.717, 1.165) is 19.4 Å². The van der Waals surface area contributed by atoms with Crippen LogP contribution in [0.1, 0.15) is 57.3 Å². The predicted molar refractivity (Wildman–Crippen MR) is 106 cm³/mol. The number of carbonyl (C=O) groups is 1. The van der Waals surface area contributed by atoms with Gasteiger partial charge in [0.2, 0.25) is 5.91 Å². The highest BCUT2D eigenvalue weighted by Gasteiger charge is 2.62. The molecule has 1 heterocycles. The zero-order chi connectivity index (χ0) is 19.7. The van der Waals surface area contributed by atoms with Crippen molar-refractivity contribution in [1.29, 1.82) is 0 Å². The summed E-state index contributed by atoms with van der Waals surface area (Å²) in [6.07, 6.45) is 2.70. The summed E-state index contributed by atoms with van der Waals surface area (Å²) in [6.45, 7) is 10.1. The van der Waals surface area contributed by atoms with Crippen LogP contribution in [0, 0.1) is 18.3 Å². The summed E-state index contributed by atoms with van der Waals surface area (Å²) in [7, 11) is 0. The molecule has 0 bridgehead atoms. The highest BCUT2D eigenvalue weighted by Crippen LogP contribution is 2.49. The second-order valence-electron chi connectivity index (χ2n) is 8.66. The highest BCUT2D eigenvalue weighted by molar-refractivity contribution is 5.88. The zero-order valence-electron chi connectivity index (χ0n) is 17.1. The average molecular weight is 375 g/mol. The monoisotopic (exact) mass is 374 g/mol. The van der Waals surface area contributed by atoms with Crippen molar-refractivity contribution < 1.29 is 14.3 Å². The fourth-order valence-electron chi connectivity index (χ4n) is 4.38. The molecule has 1 saturated heterocycles. The van der Waals surface area contributed by atoms with Crippen molar-refractivity contribution in [3.05, 3.63) is 35.4 Å². The Morgan fingerprint density at radius 3 is 2.67 bits per heavy atom. The van der Waals surface area contributed by atoms with Crippen LogP contribution in [0.25, 0.3) is 0 Å². The van der Waals surface area contributed by atoms with Crippen LogP contribution in [0.5, 0.6) is 0 Å². The normalized spacial score (nSPS) is 32.6. The average Bonchev–Trinajstić information content (AvgIpc) is 2.66. The Kier molecular flexibility index (Phi) is 5.94. The van der Waals surface area contributed by atoms with Gasteiger partial charge in [-0.25, -0.2) is 0 Å². The van der Waals surface area contributed by atoms with Crippen molar-refractivity contribution >= 4 is 5.91 Å². The first-order valence-corrected chi connectivity index (χ1v) is 10.2. The Morgan fingerprint density at radius 1 is 1.33 bits per heavy atom. The minimum atomic E-state index is -0.873. The molecule has 2 aliphatic rings. The smallest absolute Gasteiger partial charge is 0.240 e. The van der Waals surface area contributed by atoms with Crippen LogP contribution in [0.4, 0.5) is 0 Å². The van der Waals surface area contributed by atoms with Gasteiger partial charge in [0.05, 0.1) is 12.2 Å². The molecule has 0 aromatic heterocycles. The van der Waals surface area contributed by atoms with E-state index in [-0.39, 0.29) is 29.4 Å². The molecule has 0 spiro atoms. The molecule has 3 N–H and O–H groups in total. The molecule has 4 unspecified atom stereocenters. The van der Waals surface area contributed by atoms with Gasteiger partial charge >= 0.3 is 0 Å². The van der Waals surface area contributed by atoms with Crippen molar-refractivity contribution in [2.45, 2.75) is 64.7 Å². The summed E-state index contributed by atoms with van der Waals surface area (Å²) in [4.78, 5) is 12.9. The lowest BCUT2D eigenvalue weighted by Gasteiger charge is -2.57. The van der Waals surface area contributed by atoms with Crippen molar-refractivity contribution in [3.8, 4) is 0 Å². The zero-order valence-corrected chi connectivity index (χ0v) is 17.1. The maximum atomic E-state index is 12.9. The number of nitrogens with one attached hydrogen (secondary N) is 1. The van der Waals surface area contributed by atoms with Crippen LogP contribution in [-0.2, 0) is 14.3 Å². The van der Waals surface area contributed by atoms with Crippen molar-refractivity contribution in [2.75, 3.05) is 19.8 Å². The van der Waals surface area contributed by atoms with Crippen LogP contribution in [0.15, 0.2) is 24.3 Å². The van der Waals surface area contributed by atoms with E-state index in [4.69, 9.17) is 15.2 Å². The largest absolute Gasteiger partial charge is 0.378 e. The summed E-state index contributed by atoms with van der Waals surface area (Å²) in [5.41, 5.74) is 7.68. The van der Waals surface area contributed by atoms with E-state index in [1.165, 1.54) is 11.1 Å². The molecular formula is C22H34N2O3. The van der Waals surface area contributed by atoms with E-state index in [9.17, 15) is 4.79 Å². The number of nitrogens with two attached hydrogens (primary N) is 1. The molecule has 1 amide bonds. The van der Waals surface area contributed by atoms with Crippen molar-refractivity contribution in [3.63, 3.8) is 0 Å². The van der Waals surface area contributed by atoms with Crippen LogP contribution >= 0.6 is 0 Å². The van der Waals surface area contributed by atoms with E-state index in [0.29, 0.717) is 19.6 Å². The summed E-state index contributed by atoms with van der Waals surface area (Å²) < 4.78 is 11.8. The maximum Gasteiger partial charge on any atom is 0.240 e. The Labute approximate surface area is 163 Å². The molecule has 3 rings (SSSR count). The molecule has 5 nitrogen and oxygen atoms in total. The molecule has 1 aromatic rings. The molecule has 4 atom stereocenters. The third-order valence-corrected chi connectivity index (χ3v) is 6.61. The van der Waals surface area contributed by atoms with Crippen LogP contribution in [-0.4, -0.2) is 37.3 Å². The van der Waals surface area contributed by atoms with Crippen molar-refractivity contribution in [2.24, 2.45) is 17.1 Å². The molecule has 1 aliphatic heterocycles. The first-order chi connectivity index (χ1) is 12.8. The van der Waals surface area contributed by atoms with Gasteiger partial charge in [0.25, 0.3) is 0 Å². The molecule has 1 aromatic carbocycles. The topological polar surface area (TPSA) is 73.6 Å². The highest BCUT2D eigenvalue weighted by atomic mass is 16.5. The minimum Gasteiger partial charge on any atom is -0.378 e. The Hall–Kier alpha value is -1.43. The lowest BCUT2D eigenvalue weighted by Crippen LogP contribution is -2.76. The number of benzene rings is 1. The lowest BCUT2D eigenvalue weighted by molar-refractivity contribution is -0.171. The Bertz CT molecular complexity index is 658. The van der Waals surface area contributed by atoms with Crippen molar-refractivity contribution in [1.82, 2.24) is 5.32 Å². The standard InChI is InChI=1S/C22H34N2O3/c1-5-26-18-13-22(23,21(18,3)4)20(25)24-14-17-7-6-12-27-19(17)16-10-8-15(2)9-11-16/h8-11,17-19H,5-7,12-14,23H2,1-4H3,(H,24,25). The number of ether oxygens (including phenoxy) is 2. The first-order valence-electron chi connectivity index (χ1n) is 10.2. The summed E-state index contributed by atoms with van der Waals surface area (Å²) in [5.74, 6) is 0.191. The fraction of sp³-hybridized carbons (Fsp3) is 0.682. The SMILES string of the molecule is CCOC1CC(N)(C(=O)NCC2CCCOC2c2ccc(C)cc2)C1(C)C. The molecule has 27 heavy (non-hydrogen) atoms. The molecule has 1 saturated carbocycles. The number of hydrogen-bond acceptors (Lipinski definition) is 4. The van der Waals surface area contributed by atoms with E-state index < -0.39 is 5.54 Å². The third kappa shape index (κ3) is 3.78. The van der Waals surface area contributed by atoms with Gasteiger partial charge in [-0.15, -0.1) is 0 Å². The van der Waals surface area contributed by atoms with Gasteiger partial charge in [-0.2, -0.15) is 0 Å². The lowest BCUT2D eigenvalue weighted by atomic mass is 9.54.